The normalized spacial score (nSPS) is 10.3. The van der Waals surface area contributed by atoms with Crippen LogP contribution in [0.15, 0.2) is 29.0 Å². The first-order chi connectivity index (χ1) is 8.97. The van der Waals surface area contributed by atoms with Gasteiger partial charge in [-0.15, -0.1) is 0 Å². The molecule has 0 atom stereocenters. The van der Waals surface area contributed by atoms with Crippen molar-refractivity contribution in [3.8, 4) is 0 Å². The van der Waals surface area contributed by atoms with Gasteiger partial charge in [-0.25, -0.2) is 19.2 Å². The minimum Gasteiger partial charge on any atom is -0.476 e. The first-order valence-corrected chi connectivity index (χ1v) is 6.04. The van der Waals surface area contributed by atoms with Gasteiger partial charge in [0.05, 0.1) is 16.9 Å². The lowest BCUT2D eigenvalue weighted by Gasteiger charge is -2.09. The minimum atomic E-state index is -1.15. The molecule has 98 valence electrons. The number of aromatic nitrogens is 2. The Hall–Kier alpha value is -2.02. The van der Waals surface area contributed by atoms with E-state index in [4.69, 9.17) is 5.11 Å². The molecular formula is C12H9BrFN3O2. The van der Waals surface area contributed by atoms with Crippen LogP contribution in [-0.2, 0) is 0 Å². The number of carboxylic acids is 1. The fourth-order valence-corrected chi connectivity index (χ4v) is 1.88. The van der Waals surface area contributed by atoms with Gasteiger partial charge in [0.25, 0.3) is 0 Å². The Morgan fingerprint density at radius 1 is 1.37 bits per heavy atom. The van der Waals surface area contributed by atoms with Crippen molar-refractivity contribution in [1.82, 2.24) is 9.97 Å². The number of halogens is 2. The Bertz CT molecular complexity index is 632. The van der Waals surface area contributed by atoms with E-state index in [0.717, 1.165) is 11.8 Å². The number of hydrogen-bond acceptors (Lipinski definition) is 4. The van der Waals surface area contributed by atoms with Crippen LogP contribution in [0, 0.1) is 12.7 Å². The molecule has 0 bridgehead atoms. The highest BCUT2D eigenvalue weighted by molar-refractivity contribution is 9.10. The molecule has 0 saturated carbocycles. The van der Waals surface area contributed by atoms with Gasteiger partial charge in [0, 0.05) is 5.69 Å². The minimum absolute atomic E-state index is 0.149. The predicted molar refractivity (Wildman–Crippen MR) is 71.1 cm³/mol. The zero-order chi connectivity index (χ0) is 14.0. The summed E-state index contributed by atoms with van der Waals surface area (Å²) in [6.07, 6.45) is 2.41. The molecule has 19 heavy (non-hydrogen) atoms. The number of aryl methyl sites for hydroxylation is 1. The molecule has 0 radical (unpaired) electrons. The van der Waals surface area contributed by atoms with Gasteiger partial charge in [-0.3, -0.25) is 0 Å². The van der Waals surface area contributed by atoms with E-state index in [9.17, 15) is 9.18 Å². The molecule has 0 fully saturated rings. The van der Waals surface area contributed by atoms with Crippen LogP contribution in [-0.4, -0.2) is 21.0 Å². The summed E-state index contributed by atoms with van der Waals surface area (Å²) in [6, 6.07) is 2.96. The monoisotopic (exact) mass is 325 g/mol. The number of carbonyl (C=O) groups is 1. The first-order valence-electron chi connectivity index (χ1n) is 5.25. The van der Waals surface area contributed by atoms with Crippen molar-refractivity contribution in [3.05, 3.63) is 46.1 Å². The fraction of sp³-hybridized carbons (Fsp3) is 0.0833. The Morgan fingerprint density at radius 2 is 2.11 bits per heavy atom. The Balaban J connectivity index is 2.26. The third-order valence-corrected chi connectivity index (χ3v) is 3.01. The van der Waals surface area contributed by atoms with Gasteiger partial charge < -0.3 is 10.4 Å². The van der Waals surface area contributed by atoms with Gasteiger partial charge in [0.15, 0.2) is 5.69 Å². The van der Waals surface area contributed by atoms with Crippen molar-refractivity contribution < 1.29 is 14.3 Å². The van der Waals surface area contributed by atoms with Crippen molar-refractivity contribution in [3.63, 3.8) is 0 Å². The van der Waals surface area contributed by atoms with Gasteiger partial charge in [-0.2, -0.15) is 0 Å². The van der Waals surface area contributed by atoms with E-state index >= 15 is 0 Å². The van der Waals surface area contributed by atoms with Crippen molar-refractivity contribution in [2.75, 3.05) is 5.32 Å². The number of anilines is 2. The van der Waals surface area contributed by atoms with E-state index in [2.05, 4.69) is 31.2 Å². The molecule has 2 rings (SSSR count). The summed E-state index contributed by atoms with van der Waals surface area (Å²) in [6.45, 7) is 1.81. The largest absolute Gasteiger partial charge is 0.476 e. The van der Waals surface area contributed by atoms with Crippen molar-refractivity contribution in [1.29, 1.82) is 0 Å². The number of nitrogens with zero attached hydrogens (tertiary/aromatic N) is 2. The van der Waals surface area contributed by atoms with Crippen LogP contribution in [0.2, 0.25) is 0 Å². The first kappa shape index (κ1) is 13.4. The van der Waals surface area contributed by atoms with Crippen LogP contribution in [0.5, 0.6) is 0 Å². The fourth-order valence-electron chi connectivity index (χ4n) is 1.42. The third-order valence-electron chi connectivity index (χ3n) is 2.40. The highest BCUT2D eigenvalue weighted by atomic mass is 79.9. The van der Waals surface area contributed by atoms with Crippen LogP contribution < -0.4 is 5.32 Å². The van der Waals surface area contributed by atoms with Crippen molar-refractivity contribution >= 4 is 33.4 Å². The number of benzene rings is 1. The molecule has 7 heteroatoms. The van der Waals surface area contributed by atoms with Crippen LogP contribution in [0.1, 0.15) is 16.1 Å². The molecule has 0 aliphatic heterocycles. The molecular weight excluding hydrogens is 317 g/mol. The van der Waals surface area contributed by atoms with E-state index in [1.165, 1.54) is 12.3 Å². The van der Waals surface area contributed by atoms with E-state index in [1.54, 1.807) is 6.07 Å². The molecule has 2 N–H and O–H groups in total. The summed E-state index contributed by atoms with van der Waals surface area (Å²) in [4.78, 5) is 18.2. The molecule has 2 aromatic rings. The smallest absolute Gasteiger partial charge is 0.356 e. The number of nitrogens with one attached hydrogen (secondary N) is 1. The van der Waals surface area contributed by atoms with Crippen LogP contribution in [0.3, 0.4) is 0 Å². The van der Waals surface area contributed by atoms with Gasteiger partial charge in [-0.1, -0.05) is 0 Å². The second-order valence-electron chi connectivity index (χ2n) is 3.80. The summed E-state index contributed by atoms with van der Waals surface area (Å²) < 4.78 is 13.8. The number of carboxylic acid groups (broad SMARTS) is 1. The van der Waals surface area contributed by atoms with E-state index in [-0.39, 0.29) is 5.69 Å². The maximum absolute atomic E-state index is 13.4. The standard InChI is InChI=1S/C12H9BrFN3O2/c1-6-2-7(13)8(14)3-9(6)17-11-5-15-10(4-16-11)12(18)19/h2-5H,1H3,(H,16,17)(H,18,19). The van der Waals surface area contributed by atoms with Gasteiger partial charge >= 0.3 is 5.97 Å². The van der Waals surface area contributed by atoms with E-state index in [0.29, 0.717) is 16.0 Å². The van der Waals surface area contributed by atoms with E-state index < -0.39 is 11.8 Å². The van der Waals surface area contributed by atoms with Crippen LogP contribution in [0.25, 0.3) is 0 Å². The van der Waals surface area contributed by atoms with Crippen molar-refractivity contribution in [2.45, 2.75) is 6.92 Å². The second-order valence-corrected chi connectivity index (χ2v) is 4.65. The molecule has 0 spiro atoms. The summed E-state index contributed by atoms with van der Waals surface area (Å²) in [5.74, 6) is -1.21. The van der Waals surface area contributed by atoms with Crippen LogP contribution >= 0.6 is 15.9 Å². The zero-order valence-corrected chi connectivity index (χ0v) is 11.4. The van der Waals surface area contributed by atoms with Crippen LogP contribution in [0.4, 0.5) is 15.9 Å². The quantitative estimate of drug-likeness (QED) is 0.906. The van der Waals surface area contributed by atoms with Gasteiger partial charge in [0.1, 0.15) is 11.6 Å². The summed E-state index contributed by atoms with van der Waals surface area (Å²) in [5.41, 5.74) is 1.21. The maximum atomic E-state index is 13.4. The third kappa shape index (κ3) is 3.05. The molecule has 0 amide bonds. The molecule has 1 aromatic carbocycles. The van der Waals surface area contributed by atoms with E-state index in [1.807, 2.05) is 6.92 Å². The number of rotatable bonds is 3. The summed E-state index contributed by atoms with van der Waals surface area (Å²) in [5, 5.41) is 11.6. The van der Waals surface area contributed by atoms with Gasteiger partial charge in [0.2, 0.25) is 0 Å². The molecule has 1 heterocycles. The molecule has 0 aliphatic carbocycles. The Kier molecular flexibility index (Phi) is 3.75. The van der Waals surface area contributed by atoms with Crippen molar-refractivity contribution in [2.24, 2.45) is 0 Å². The predicted octanol–water partition coefficient (Wildman–Crippen LogP) is 3.13. The number of aromatic carboxylic acids is 1. The highest BCUT2D eigenvalue weighted by Crippen LogP contribution is 2.25. The molecule has 0 unspecified atom stereocenters. The maximum Gasteiger partial charge on any atom is 0.356 e. The second kappa shape index (κ2) is 5.31. The molecule has 1 aromatic heterocycles. The molecule has 0 saturated heterocycles. The zero-order valence-electron chi connectivity index (χ0n) is 9.82. The lowest BCUT2D eigenvalue weighted by molar-refractivity contribution is 0.0690. The topological polar surface area (TPSA) is 75.1 Å². The summed E-state index contributed by atoms with van der Waals surface area (Å²) >= 11 is 3.10. The average molecular weight is 326 g/mol. The lowest BCUT2D eigenvalue weighted by Crippen LogP contribution is -2.03. The number of hydrogen-bond donors (Lipinski definition) is 2. The SMILES string of the molecule is Cc1cc(Br)c(F)cc1Nc1cnc(C(=O)O)cn1. The molecule has 5 nitrogen and oxygen atoms in total. The molecule has 0 aliphatic rings. The Labute approximate surface area is 116 Å². The highest BCUT2D eigenvalue weighted by Gasteiger charge is 2.08. The summed E-state index contributed by atoms with van der Waals surface area (Å²) in [7, 11) is 0. The lowest BCUT2D eigenvalue weighted by atomic mass is 10.2. The Morgan fingerprint density at radius 3 is 2.68 bits per heavy atom. The van der Waals surface area contributed by atoms with Gasteiger partial charge in [-0.05, 0) is 40.5 Å². The average Bonchev–Trinajstić information content (AvgIpc) is 2.36.